The maximum Gasteiger partial charge on any atom is 0.397 e. The molecule has 0 heterocycles. The Balaban J connectivity index is 2.33. The predicted molar refractivity (Wildman–Crippen MR) is 111 cm³/mol. The molecular formula is C19H21ClN2O8S. The van der Waals surface area contributed by atoms with Gasteiger partial charge in [-0.05, 0) is 50.6 Å². The SMILES string of the molecule is CCOC(=O)C(=O)Nc1cc(C)c(Oc2ccc(O)c(S(=O)(=O)N(O)CC)c2)c(Cl)c1. The Morgan fingerprint density at radius 1 is 1.19 bits per heavy atom. The first-order chi connectivity index (χ1) is 14.5. The van der Waals surface area contributed by atoms with Crippen molar-refractivity contribution >= 4 is 39.2 Å². The molecule has 0 unspecified atom stereocenters. The van der Waals surface area contributed by atoms with Crippen molar-refractivity contribution in [2.45, 2.75) is 25.7 Å². The van der Waals surface area contributed by atoms with Gasteiger partial charge in [-0.2, -0.15) is 0 Å². The Bertz CT molecular complexity index is 1080. The van der Waals surface area contributed by atoms with E-state index in [1.807, 2.05) is 0 Å². The van der Waals surface area contributed by atoms with E-state index in [4.69, 9.17) is 16.3 Å². The van der Waals surface area contributed by atoms with E-state index in [9.17, 15) is 28.3 Å². The maximum atomic E-state index is 12.3. The van der Waals surface area contributed by atoms with E-state index < -0.39 is 32.5 Å². The molecule has 31 heavy (non-hydrogen) atoms. The number of nitrogens with zero attached hydrogens (tertiary/aromatic N) is 1. The molecule has 168 valence electrons. The van der Waals surface area contributed by atoms with Gasteiger partial charge in [-0.15, -0.1) is 0 Å². The van der Waals surface area contributed by atoms with Gasteiger partial charge >= 0.3 is 11.9 Å². The Morgan fingerprint density at radius 2 is 1.87 bits per heavy atom. The number of phenolic OH excluding ortho intramolecular Hbond substituents is 1. The molecule has 10 nitrogen and oxygen atoms in total. The van der Waals surface area contributed by atoms with E-state index in [-0.39, 0.29) is 39.8 Å². The summed E-state index contributed by atoms with van der Waals surface area (Å²) in [5.41, 5.74) is 0.683. The number of aryl methyl sites for hydroxylation is 1. The van der Waals surface area contributed by atoms with Gasteiger partial charge in [-0.1, -0.05) is 16.1 Å². The summed E-state index contributed by atoms with van der Waals surface area (Å²) in [6.07, 6.45) is 0. The second-order valence-corrected chi connectivity index (χ2v) is 8.37. The first-order valence-corrected chi connectivity index (χ1v) is 10.8. The molecule has 12 heteroatoms. The van der Waals surface area contributed by atoms with Gasteiger partial charge in [-0.25, -0.2) is 13.2 Å². The van der Waals surface area contributed by atoms with E-state index in [0.717, 1.165) is 12.1 Å². The van der Waals surface area contributed by atoms with Crippen molar-refractivity contribution in [3.8, 4) is 17.2 Å². The fraction of sp³-hybridized carbons (Fsp3) is 0.263. The molecule has 0 aliphatic heterocycles. The smallest absolute Gasteiger partial charge is 0.397 e. The Kier molecular flexibility index (Phi) is 7.85. The number of benzene rings is 2. The third-order valence-electron chi connectivity index (χ3n) is 3.93. The number of carbonyl (C=O) groups is 2. The lowest BCUT2D eigenvalue weighted by Gasteiger charge is -2.16. The van der Waals surface area contributed by atoms with Gasteiger partial charge in [0.2, 0.25) is 0 Å². The molecular weight excluding hydrogens is 452 g/mol. The van der Waals surface area contributed by atoms with Crippen molar-refractivity contribution < 1.29 is 37.8 Å². The lowest BCUT2D eigenvalue weighted by Crippen LogP contribution is -2.27. The highest BCUT2D eigenvalue weighted by Crippen LogP contribution is 2.37. The molecule has 0 bridgehead atoms. The number of amides is 1. The molecule has 0 saturated heterocycles. The van der Waals surface area contributed by atoms with Crippen molar-refractivity contribution in [3.05, 3.63) is 40.9 Å². The van der Waals surface area contributed by atoms with Crippen molar-refractivity contribution in [2.24, 2.45) is 0 Å². The van der Waals surface area contributed by atoms with Gasteiger partial charge in [0.25, 0.3) is 10.0 Å². The Hall–Kier alpha value is -2.86. The van der Waals surface area contributed by atoms with E-state index in [2.05, 4.69) is 10.1 Å². The lowest BCUT2D eigenvalue weighted by atomic mass is 10.2. The number of hydroxylamine groups is 1. The van der Waals surface area contributed by atoms with Gasteiger partial charge < -0.3 is 19.9 Å². The highest BCUT2D eigenvalue weighted by molar-refractivity contribution is 7.89. The summed E-state index contributed by atoms with van der Waals surface area (Å²) in [5, 5.41) is 21.9. The Labute approximate surface area is 184 Å². The van der Waals surface area contributed by atoms with Crippen LogP contribution >= 0.6 is 11.6 Å². The number of carbonyl (C=O) groups excluding carboxylic acids is 2. The van der Waals surface area contributed by atoms with Crippen LogP contribution in [0.4, 0.5) is 5.69 Å². The first-order valence-electron chi connectivity index (χ1n) is 9.02. The normalized spacial score (nSPS) is 11.3. The van der Waals surface area contributed by atoms with Crippen molar-refractivity contribution in [3.63, 3.8) is 0 Å². The molecule has 0 radical (unpaired) electrons. The first kappa shape index (κ1) is 24.4. The van der Waals surface area contributed by atoms with E-state index in [1.165, 1.54) is 25.1 Å². The minimum Gasteiger partial charge on any atom is -0.507 e. The number of rotatable bonds is 7. The summed E-state index contributed by atoms with van der Waals surface area (Å²) in [6, 6.07) is 6.28. The predicted octanol–water partition coefficient (Wildman–Crippen LogP) is 3.05. The number of aromatic hydroxyl groups is 1. The van der Waals surface area contributed by atoms with Crippen LogP contribution in [0.15, 0.2) is 35.2 Å². The van der Waals surface area contributed by atoms with E-state index >= 15 is 0 Å². The highest BCUT2D eigenvalue weighted by atomic mass is 35.5. The number of phenols is 1. The van der Waals surface area contributed by atoms with Crippen LogP contribution in [0.3, 0.4) is 0 Å². The number of esters is 1. The molecule has 2 rings (SSSR count). The summed E-state index contributed by atoms with van der Waals surface area (Å²) in [5.74, 6) is -2.40. The average Bonchev–Trinajstić information content (AvgIpc) is 2.71. The molecule has 0 saturated carbocycles. The topological polar surface area (TPSA) is 142 Å². The van der Waals surface area contributed by atoms with Crippen LogP contribution in [-0.2, 0) is 24.3 Å². The van der Waals surface area contributed by atoms with Gasteiger partial charge in [0.05, 0.1) is 11.6 Å². The second kappa shape index (κ2) is 9.96. The average molecular weight is 473 g/mol. The zero-order chi connectivity index (χ0) is 23.3. The van der Waals surface area contributed by atoms with Crippen LogP contribution < -0.4 is 10.1 Å². The van der Waals surface area contributed by atoms with Crippen LogP contribution in [-0.4, -0.2) is 48.2 Å². The number of halogens is 1. The minimum absolute atomic E-state index is 0.0224. The van der Waals surface area contributed by atoms with Gasteiger partial charge in [-0.3, -0.25) is 10.0 Å². The summed E-state index contributed by atoms with van der Waals surface area (Å²) in [6.45, 7) is 4.43. The van der Waals surface area contributed by atoms with Gasteiger partial charge in [0.15, 0.2) is 0 Å². The summed E-state index contributed by atoms with van der Waals surface area (Å²) in [7, 11) is -4.35. The Morgan fingerprint density at radius 3 is 2.45 bits per heavy atom. The standard InChI is InChI=1S/C19H21ClN2O8S/c1-4-22(26)31(27,28)16-10-13(6-7-15(16)23)30-17-11(3)8-12(9-14(17)20)21-18(24)19(25)29-5-2/h6-10,23,26H,4-5H2,1-3H3,(H,21,24). The molecule has 0 atom stereocenters. The van der Waals surface area contributed by atoms with Crippen molar-refractivity contribution in [1.29, 1.82) is 0 Å². The number of ether oxygens (including phenoxy) is 2. The fourth-order valence-electron chi connectivity index (χ4n) is 2.48. The molecule has 0 spiro atoms. The van der Waals surface area contributed by atoms with Crippen LogP contribution in [0.5, 0.6) is 17.2 Å². The summed E-state index contributed by atoms with van der Waals surface area (Å²) in [4.78, 5) is 22.7. The molecule has 2 aromatic carbocycles. The van der Waals surface area contributed by atoms with Gasteiger partial charge in [0, 0.05) is 18.3 Å². The highest BCUT2D eigenvalue weighted by Gasteiger charge is 2.26. The van der Waals surface area contributed by atoms with E-state index in [1.54, 1.807) is 13.8 Å². The van der Waals surface area contributed by atoms with E-state index in [0.29, 0.717) is 5.56 Å². The molecule has 1 amide bonds. The monoisotopic (exact) mass is 472 g/mol. The fourth-order valence-corrected chi connectivity index (χ4v) is 3.95. The van der Waals surface area contributed by atoms with Crippen molar-refractivity contribution in [2.75, 3.05) is 18.5 Å². The molecule has 2 aromatic rings. The quantitative estimate of drug-likeness (QED) is 0.317. The molecule has 3 N–H and O–H groups in total. The molecule has 0 aliphatic carbocycles. The zero-order valence-electron chi connectivity index (χ0n) is 16.9. The minimum atomic E-state index is -4.35. The van der Waals surface area contributed by atoms with Crippen LogP contribution in [0, 0.1) is 6.92 Å². The lowest BCUT2D eigenvalue weighted by molar-refractivity contribution is -0.152. The number of sulfonamides is 1. The number of anilines is 1. The third-order valence-corrected chi connectivity index (χ3v) is 5.90. The number of hydrogen-bond acceptors (Lipinski definition) is 8. The zero-order valence-corrected chi connectivity index (χ0v) is 18.5. The molecule has 0 fully saturated rings. The number of nitrogens with one attached hydrogen (secondary N) is 1. The maximum absolute atomic E-state index is 12.3. The third kappa shape index (κ3) is 5.64. The van der Waals surface area contributed by atoms with Gasteiger partial charge in [0.1, 0.15) is 22.1 Å². The van der Waals surface area contributed by atoms with Crippen LogP contribution in [0.2, 0.25) is 5.02 Å². The summed E-state index contributed by atoms with van der Waals surface area (Å²) >= 11 is 6.23. The molecule has 0 aromatic heterocycles. The van der Waals surface area contributed by atoms with Crippen LogP contribution in [0.25, 0.3) is 0 Å². The second-order valence-electron chi connectivity index (χ2n) is 6.15. The summed E-state index contributed by atoms with van der Waals surface area (Å²) < 4.78 is 35.0. The van der Waals surface area contributed by atoms with Crippen LogP contribution in [0.1, 0.15) is 19.4 Å². The largest absolute Gasteiger partial charge is 0.507 e. The molecule has 0 aliphatic rings. The number of hydrogen-bond donors (Lipinski definition) is 3. The van der Waals surface area contributed by atoms with Crippen molar-refractivity contribution in [1.82, 2.24) is 4.47 Å².